The Hall–Kier alpha value is -3.33. The third-order valence-electron chi connectivity index (χ3n) is 6.77. The summed E-state index contributed by atoms with van der Waals surface area (Å²) < 4.78 is 8.30. The van der Waals surface area contributed by atoms with Gasteiger partial charge in [-0.05, 0) is 84.3 Å². The molecule has 6 nitrogen and oxygen atoms in total. The van der Waals surface area contributed by atoms with Gasteiger partial charge in [-0.3, -0.25) is 14.5 Å². The molecule has 1 aliphatic rings. The molecule has 194 valence electrons. The number of halogens is 1. The zero-order valence-corrected chi connectivity index (χ0v) is 23.1. The number of aromatic nitrogens is 1. The minimum absolute atomic E-state index is 0.356. The third kappa shape index (κ3) is 5.43. The minimum Gasteiger partial charge on any atom is -0.481 e. The largest absolute Gasteiger partial charge is 0.481 e. The van der Waals surface area contributed by atoms with Crippen molar-refractivity contribution in [2.75, 3.05) is 0 Å². The molecule has 2 N–H and O–H groups in total. The fraction of sp³-hybridized carbons (Fsp3) is 0.207. The Morgan fingerprint density at radius 2 is 1.84 bits per heavy atom. The van der Waals surface area contributed by atoms with Crippen LogP contribution in [0.4, 0.5) is 4.79 Å². The van der Waals surface area contributed by atoms with Crippen LogP contribution in [0.1, 0.15) is 42.6 Å². The van der Waals surface area contributed by atoms with E-state index in [4.69, 9.17) is 16.3 Å². The van der Waals surface area contributed by atoms with Crippen LogP contribution in [-0.4, -0.2) is 22.2 Å². The maximum atomic E-state index is 12.5. The number of thiophene rings is 1. The number of carbonyl (C=O) groups is 2. The molecule has 1 saturated carbocycles. The van der Waals surface area contributed by atoms with Crippen LogP contribution in [0.5, 0.6) is 0 Å². The second kappa shape index (κ2) is 10.8. The fourth-order valence-electron chi connectivity index (χ4n) is 4.39. The zero-order valence-electron chi connectivity index (χ0n) is 20.7. The Morgan fingerprint density at radius 3 is 2.45 bits per heavy atom. The lowest BCUT2D eigenvalue weighted by Gasteiger charge is -2.15. The number of pyridine rings is 1. The number of ether oxygens (including phenoxy) is 1. The van der Waals surface area contributed by atoms with E-state index in [1.165, 1.54) is 0 Å². The van der Waals surface area contributed by atoms with E-state index < -0.39 is 17.5 Å². The normalized spacial score (nSPS) is 14.5. The van der Waals surface area contributed by atoms with Crippen molar-refractivity contribution < 1.29 is 19.4 Å². The lowest BCUT2D eigenvalue weighted by atomic mass is 9.94. The van der Waals surface area contributed by atoms with Crippen molar-refractivity contribution in [2.24, 2.45) is 0 Å². The quantitative estimate of drug-likeness (QED) is 0.210. The molecule has 2 heterocycles. The van der Waals surface area contributed by atoms with Gasteiger partial charge >= 0.3 is 12.1 Å². The summed E-state index contributed by atoms with van der Waals surface area (Å²) in [6.07, 6.45) is 2.24. The Morgan fingerprint density at radius 1 is 1.11 bits per heavy atom. The van der Waals surface area contributed by atoms with Crippen LogP contribution < -0.4 is 4.72 Å². The molecule has 4 aromatic rings. The molecule has 38 heavy (non-hydrogen) atoms. The molecule has 1 fully saturated rings. The van der Waals surface area contributed by atoms with E-state index in [-0.39, 0.29) is 6.10 Å². The van der Waals surface area contributed by atoms with Gasteiger partial charge in [0.25, 0.3) is 0 Å². The number of nitrogens with zero attached hydrogens (tertiary/aromatic N) is 1. The van der Waals surface area contributed by atoms with Crippen LogP contribution >= 0.6 is 34.9 Å². The number of benzene rings is 2. The summed E-state index contributed by atoms with van der Waals surface area (Å²) >= 11 is 8.97. The fourth-order valence-corrected chi connectivity index (χ4v) is 6.28. The van der Waals surface area contributed by atoms with Crippen LogP contribution in [0.3, 0.4) is 0 Å². The molecule has 1 atom stereocenters. The summed E-state index contributed by atoms with van der Waals surface area (Å²) in [7, 11) is 0. The van der Waals surface area contributed by atoms with Gasteiger partial charge in [0, 0.05) is 32.8 Å². The third-order valence-corrected chi connectivity index (χ3v) is 8.71. The van der Waals surface area contributed by atoms with Crippen LogP contribution in [0, 0.1) is 6.92 Å². The summed E-state index contributed by atoms with van der Waals surface area (Å²) in [5, 5.41) is 14.1. The molecule has 2 aromatic heterocycles. The number of amides is 1. The van der Waals surface area contributed by atoms with E-state index in [0.29, 0.717) is 17.9 Å². The highest BCUT2D eigenvalue weighted by Crippen LogP contribution is 2.48. The molecule has 2 aromatic carbocycles. The topological polar surface area (TPSA) is 88.5 Å². The smallest absolute Gasteiger partial charge is 0.418 e. The van der Waals surface area contributed by atoms with Gasteiger partial charge in [-0.1, -0.05) is 48.0 Å². The molecule has 0 spiro atoms. The van der Waals surface area contributed by atoms with Crippen LogP contribution in [0.2, 0.25) is 5.02 Å². The second-order valence-electron chi connectivity index (χ2n) is 9.30. The molecular formula is C29H25ClN2O4S2. The van der Waals surface area contributed by atoms with Gasteiger partial charge in [0.15, 0.2) is 0 Å². The van der Waals surface area contributed by atoms with E-state index in [0.717, 1.165) is 55.9 Å². The lowest BCUT2D eigenvalue weighted by Crippen LogP contribution is -2.19. The molecule has 0 bridgehead atoms. The molecule has 1 aliphatic carbocycles. The predicted octanol–water partition coefficient (Wildman–Crippen LogP) is 8.05. The number of hydrogen-bond acceptors (Lipinski definition) is 6. The van der Waals surface area contributed by atoms with Gasteiger partial charge < -0.3 is 9.84 Å². The van der Waals surface area contributed by atoms with Crippen molar-refractivity contribution in [1.29, 1.82) is 0 Å². The van der Waals surface area contributed by atoms with Crippen molar-refractivity contribution in [1.82, 2.24) is 9.71 Å². The number of hydrogen-bond donors (Lipinski definition) is 2. The highest BCUT2D eigenvalue weighted by Gasteiger charge is 2.51. The highest BCUT2D eigenvalue weighted by atomic mass is 35.5. The van der Waals surface area contributed by atoms with Crippen LogP contribution in [0.15, 0.2) is 76.4 Å². The van der Waals surface area contributed by atoms with Crippen molar-refractivity contribution >= 4 is 46.9 Å². The number of carboxylic acids is 1. The monoisotopic (exact) mass is 564 g/mol. The van der Waals surface area contributed by atoms with Gasteiger partial charge in [0.2, 0.25) is 0 Å². The molecule has 1 amide bonds. The van der Waals surface area contributed by atoms with Crippen molar-refractivity contribution in [3.8, 4) is 22.4 Å². The summed E-state index contributed by atoms with van der Waals surface area (Å²) in [4.78, 5) is 29.5. The number of rotatable bonds is 8. The van der Waals surface area contributed by atoms with E-state index in [1.807, 2.05) is 67.1 Å². The lowest BCUT2D eigenvalue weighted by molar-refractivity contribution is -0.140. The predicted molar refractivity (Wildman–Crippen MR) is 152 cm³/mol. The Kier molecular flexibility index (Phi) is 7.47. The van der Waals surface area contributed by atoms with Crippen molar-refractivity contribution in [2.45, 2.75) is 43.1 Å². The van der Waals surface area contributed by atoms with Crippen molar-refractivity contribution in [3.63, 3.8) is 0 Å². The first-order valence-electron chi connectivity index (χ1n) is 12.0. The average Bonchev–Trinajstić information content (AvgIpc) is 3.62. The molecule has 5 rings (SSSR count). The van der Waals surface area contributed by atoms with Gasteiger partial charge in [-0.15, -0.1) is 0 Å². The molecular weight excluding hydrogens is 540 g/mol. The van der Waals surface area contributed by atoms with E-state index in [2.05, 4.69) is 9.71 Å². The first-order valence-corrected chi connectivity index (χ1v) is 14.2. The first kappa shape index (κ1) is 26.3. The van der Waals surface area contributed by atoms with Gasteiger partial charge in [-0.2, -0.15) is 11.3 Å². The average molecular weight is 565 g/mol. The summed E-state index contributed by atoms with van der Waals surface area (Å²) in [6.45, 7) is 3.84. The van der Waals surface area contributed by atoms with E-state index in [9.17, 15) is 14.7 Å². The highest BCUT2D eigenvalue weighted by molar-refractivity contribution is 7.98. The first-order chi connectivity index (χ1) is 18.3. The Balaban J connectivity index is 1.28. The summed E-state index contributed by atoms with van der Waals surface area (Å²) in [5.74, 6) is -0.765. The SMILES string of the molecule is Cc1cscc1C(C)OC(=O)NSc1cc(Cl)ccc1-c1ccc(-c2ccc(C3(C(=O)O)CC3)cc2)nc1. The van der Waals surface area contributed by atoms with Gasteiger partial charge in [0.05, 0.1) is 11.1 Å². The number of carbonyl (C=O) groups excluding carboxylic acids is 1. The van der Waals surface area contributed by atoms with Crippen molar-refractivity contribution in [3.05, 3.63) is 93.3 Å². The van der Waals surface area contributed by atoms with Gasteiger partial charge in [0.1, 0.15) is 6.10 Å². The van der Waals surface area contributed by atoms with E-state index >= 15 is 0 Å². The molecule has 1 unspecified atom stereocenters. The van der Waals surface area contributed by atoms with Crippen LogP contribution in [0.25, 0.3) is 22.4 Å². The van der Waals surface area contributed by atoms with Gasteiger partial charge in [-0.25, -0.2) is 4.79 Å². The molecule has 0 aliphatic heterocycles. The summed E-state index contributed by atoms with van der Waals surface area (Å²) in [5.41, 5.74) is 5.62. The number of carboxylic acid groups (broad SMARTS) is 1. The molecule has 0 radical (unpaired) electrons. The zero-order chi connectivity index (χ0) is 26.9. The number of aliphatic carboxylic acids is 1. The maximum Gasteiger partial charge on any atom is 0.418 e. The maximum absolute atomic E-state index is 12.5. The Labute approximate surface area is 234 Å². The second-order valence-corrected chi connectivity index (χ2v) is 11.3. The van der Waals surface area contributed by atoms with Crippen LogP contribution in [-0.2, 0) is 14.9 Å². The summed E-state index contributed by atoms with van der Waals surface area (Å²) in [6, 6.07) is 16.9. The van der Waals surface area contributed by atoms with E-state index in [1.54, 1.807) is 29.7 Å². The standard InChI is InChI=1S/C29H25ClN2O4S2/c1-17-15-37-16-24(17)18(2)36-28(35)32-38-26-13-22(30)8-9-23(26)20-5-10-25(31-14-20)19-3-6-21(7-4-19)29(11-12-29)27(33)34/h3-10,13-16,18H,11-12H2,1-2H3,(H,32,35)(H,33,34). The Bertz CT molecular complexity index is 1480. The molecule has 9 heteroatoms. The molecule has 0 saturated heterocycles. The number of nitrogens with one attached hydrogen (secondary N) is 1. The minimum atomic E-state index is -0.765. The number of aryl methyl sites for hydroxylation is 1.